The highest BCUT2D eigenvalue weighted by molar-refractivity contribution is 5.96. The first kappa shape index (κ1) is 15.3. The van der Waals surface area contributed by atoms with E-state index in [1.807, 2.05) is 61.5 Å². The van der Waals surface area contributed by atoms with Crippen molar-refractivity contribution in [1.29, 1.82) is 0 Å². The highest BCUT2D eigenvalue weighted by atomic mass is 16.1. The molecule has 1 amide bonds. The molecule has 25 heavy (non-hydrogen) atoms. The Morgan fingerprint density at radius 1 is 1.08 bits per heavy atom. The minimum atomic E-state index is -0.713. The van der Waals surface area contributed by atoms with Gasteiger partial charge >= 0.3 is 0 Å². The largest absolute Gasteiger partial charge is 0.371 e. The van der Waals surface area contributed by atoms with Gasteiger partial charge in [0.25, 0.3) is 0 Å². The van der Waals surface area contributed by atoms with Crippen molar-refractivity contribution in [3.05, 3.63) is 66.0 Å². The summed E-state index contributed by atoms with van der Waals surface area (Å²) < 4.78 is 1.74. The number of rotatable bonds is 3. The number of amides is 1. The predicted octanol–water partition coefficient (Wildman–Crippen LogP) is 2.39. The van der Waals surface area contributed by atoms with E-state index in [0.717, 1.165) is 16.9 Å². The molecule has 1 aliphatic heterocycles. The summed E-state index contributed by atoms with van der Waals surface area (Å²) in [5.74, 6) is 0.553. The van der Waals surface area contributed by atoms with Gasteiger partial charge in [0.2, 0.25) is 5.91 Å². The van der Waals surface area contributed by atoms with Crippen LogP contribution in [-0.2, 0) is 16.9 Å². The van der Waals surface area contributed by atoms with E-state index in [2.05, 4.69) is 26.2 Å². The molecule has 2 heterocycles. The molecule has 126 valence electrons. The van der Waals surface area contributed by atoms with Crippen molar-refractivity contribution in [3.8, 4) is 0 Å². The van der Waals surface area contributed by atoms with E-state index < -0.39 is 5.54 Å². The second-order valence-electron chi connectivity index (χ2n) is 6.37. The Bertz CT molecular complexity index is 907. The van der Waals surface area contributed by atoms with Crippen LogP contribution < -0.4 is 10.6 Å². The van der Waals surface area contributed by atoms with Crippen molar-refractivity contribution in [2.75, 3.05) is 10.6 Å². The van der Waals surface area contributed by atoms with Gasteiger partial charge in [-0.3, -0.25) is 4.79 Å². The molecule has 1 aromatic heterocycles. The summed E-state index contributed by atoms with van der Waals surface area (Å²) in [6, 6.07) is 17.6. The van der Waals surface area contributed by atoms with Crippen molar-refractivity contribution in [2.24, 2.45) is 0 Å². The van der Waals surface area contributed by atoms with E-state index >= 15 is 0 Å². The van der Waals surface area contributed by atoms with Crippen LogP contribution in [0.1, 0.15) is 24.7 Å². The number of anilines is 2. The number of tetrazole rings is 1. The van der Waals surface area contributed by atoms with Crippen LogP contribution in [0.25, 0.3) is 0 Å². The summed E-state index contributed by atoms with van der Waals surface area (Å²) in [5, 5.41) is 18.6. The second kappa shape index (κ2) is 6.01. The summed E-state index contributed by atoms with van der Waals surface area (Å²) in [6.45, 7) is 2.49. The number of nitrogens with one attached hydrogen (secondary N) is 2. The molecule has 0 spiro atoms. The number of fused-ring (bicyclic) bond motifs is 1. The molecule has 1 atom stereocenters. The molecule has 0 bridgehead atoms. The number of nitrogens with zero attached hydrogens (tertiary/aromatic N) is 4. The van der Waals surface area contributed by atoms with Crippen LogP contribution in [-0.4, -0.2) is 26.1 Å². The van der Waals surface area contributed by atoms with Gasteiger partial charge in [-0.05, 0) is 35.0 Å². The first-order valence-electron chi connectivity index (χ1n) is 8.12. The fourth-order valence-corrected chi connectivity index (χ4v) is 3.16. The fraction of sp³-hybridized carbons (Fsp3) is 0.222. The molecule has 0 saturated carbocycles. The Kier molecular flexibility index (Phi) is 3.68. The highest BCUT2D eigenvalue weighted by Crippen LogP contribution is 2.35. The van der Waals surface area contributed by atoms with Gasteiger partial charge in [0, 0.05) is 0 Å². The zero-order chi connectivity index (χ0) is 17.3. The van der Waals surface area contributed by atoms with Crippen LogP contribution in [0.2, 0.25) is 0 Å². The minimum absolute atomic E-state index is 0.0748. The molecule has 0 saturated heterocycles. The smallest absolute Gasteiger partial charge is 0.227 e. The number of para-hydroxylation sites is 2. The number of benzene rings is 2. The molecule has 3 aromatic rings. The SMILES string of the molecule is CC1(c2nnnn2Cc2ccccc2)CC(=O)Nc2ccccc2N1. The molecule has 7 nitrogen and oxygen atoms in total. The molecule has 7 heteroatoms. The molecule has 4 rings (SSSR count). The Morgan fingerprint density at radius 2 is 1.80 bits per heavy atom. The van der Waals surface area contributed by atoms with Gasteiger partial charge in [-0.1, -0.05) is 42.5 Å². The topological polar surface area (TPSA) is 84.7 Å². The molecule has 1 unspecified atom stereocenters. The lowest BCUT2D eigenvalue weighted by Gasteiger charge is -2.28. The molecule has 2 N–H and O–H groups in total. The summed E-state index contributed by atoms with van der Waals surface area (Å²) >= 11 is 0. The molecular weight excluding hydrogens is 316 g/mol. The Morgan fingerprint density at radius 3 is 2.60 bits per heavy atom. The van der Waals surface area contributed by atoms with E-state index in [0.29, 0.717) is 12.4 Å². The lowest BCUT2D eigenvalue weighted by molar-refractivity contribution is -0.117. The first-order valence-corrected chi connectivity index (χ1v) is 8.12. The summed E-state index contributed by atoms with van der Waals surface area (Å²) in [5.41, 5.74) is 2.00. The number of carbonyl (C=O) groups excluding carboxylic acids is 1. The van der Waals surface area contributed by atoms with E-state index in [1.165, 1.54) is 0 Å². The van der Waals surface area contributed by atoms with Crippen LogP contribution in [0.5, 0.6) is 0 Å². The zero-order valence-electron chi connectivity index (χ0n) is 13.8. The number of hydrogen-bond acceptors (Lipinski definition) is 5. The number of aromatic nitrogens is 4. The van der Waals surface area contributed by atoms with Gasteiger partial charge in [0.15, 0.2) is 5.82 Å². The number of carbonyl (C=O) groups is 1. The van der Waals surface area contributed by atoms with Gasteiger partial charge in [-0.15, -0.1) is 5.10 Å². The summed E-state index contributed by atoms with van der Waals surface area (Å²) in [7, 11) is 0. The van der Waals surface area contributed by atoms with E-state index in [9.17, 15) is 4.79 Å². The van der Waals surface area contributed by atoms with Gasteiger partial charge in [-0.25, -0.2) is 4.68 Å². The third-order valence-corrected chi connectivity index (χ3v) is 4.33. The fourth-order valence-electron chi connectivity index (χ4n) is 3.16. The van der Waals surface area contributed by atoms with Crippen molar-refractivity contribution in [1.82, 2.24) is 20.2 Å². The van der Waals surface area contributed by atoms with Gasteiger partial charge in [0.1, 0.15) is 5.54 Å². The maximum atomic E-state index is 12.4. The van der Waals surface area contributed by atoms with Crippen LogP contribution in [0.15, 0.2) is 54.6 Å². The van der Waals surface area contributed by atoms with Crippen molar-refractivity contribution >= 4 is 17.3 Å². The quantitative estimate of drug-likeness (QED) is 0.768. The van der Waals surface area contributed by atoms with Crippen molar-refractivity contribution < 1.29 is 4.79 Å². The second-order valence-corrected chi connectivity index (χ2v) is 6.37. The van der Waals surface area contributed by atoms with Gasteiger partial charge in [-0.2, -0.15) is 0 Å². The third-order valence-electron chi connectivity index (χ3n) is 4.33. The first-order chi connectivity index (χ1) is 12.1. The highest BCUT2D eigenvalue weighted by Gasteiger charge is 2.37. The summed E-state index contributed by atoms with van der Waals surface area (Å²) in [4.78, 5) is 12.4. The molecular formula is C18H18N6O. The predicted molar refractivity (Wildman–Crippen MR) is 94.0 cm³/mol. The maximum Gasteiger partial charge on any atom is 0.227 e. The number of hydrogen-bond donors (Lipinski definition) is 2. The monoisotopic (exact) mass is 334 g/mol. The van der Waals surface area contributed by atoms with Crippen LogP contribution in [0.4, 0.5) is 11.4 Å². The molecule has 2 aromatic carbocycles. The normalized spacial score (nSPS) is 19.5. The van der Waals surface area contributed by atoms with Crippen LogP contribution >= 0.6 is 0 Å². The average Bonchev–Trinajstić information content (AvgIpc) is 3.01. The van der Waals surface area contributed by atoms with Crippen LogP contribution in [0.3, 0.4) is 0 Å². The zero-order valence-corrected chi connectivity index (χ0v) is 13.8. The van der Waals surface area contributed by atoms with Gasteiger partial charge in [0.05, 0.1) is 24.3 Å². The lowest BCUT2D eigenvalue weighted by Crippen LogP contribution is -2.37. The molecule has 0 radical (unpaired) electrons. The molecule has 0 fully saturated rings. The van der Waals surface area contributed by atoms with Gasteiger partial charge < -0.3 is 10.6 Å². The summed E-state index contributed by atoms with van der Waals surface area (Å²) in [6.07, 6.45) is 0.233. The van der Waals surface area contributed by atoms with Crippen molar-refractivity contribution in [2.45, 2.75) is 25.4 Å². The van der Waals surface area contributed by atoms with Crippen LogP contribution in [0, 0.1) is 0 Å². The van der Waals surface area contributed by atoms with E-state index in [-0.39, 0.29) is 12.3 Å². The lowest BCUT2D eigenvalue weighted by atomic mass is 9.96. The Hall–Kier alpha value is -3.22. The third kappa shape index (κ3) is 2.96. The van der Waals surface area contributed by atoms with E-state index in [4.69, 9.17) is 0 Å². The Labute approximate surface area is 145 Å². The average molecular weight is 334 g/mol. The molecule has 0 aliphatic carbocycles. The van der Waals surface area contributed by atoms with Crippen molar-refractivity contribution in [3.63, 3.8) is 0 Å². The standard InChI is InChI=1S/C18H18N6O/c1-18(11-16(25)19-14-9-5-6-10-15(14)20-18)17-21-22-23-24(17)12-13-7-3-2-4-8-13/h2-10,20H,11-12H2,1H3,(H,19,25). The molecule has 1 aliphatic rings. The van der Waals surface area contributed by atoms with E-state index in [1.54, 1.807) is 4.68 Å². The maximum absolute atomic E-state index is 12.4. The minimum Gasteiger partial charge on any atom is -0.371 e. The Balaban J connectivity index is 1.71.